The van der Waals surface area contributed by atoms with Crippen LogP contribution in [-0.2, 0) is 20.7 Å². The van der Waals surface area contributed by atoms with Gasteiger partial charge in [0, 0.05) is 52.5 Å². The SMILES string of the molecule is COCCCCc1c(C(=O)N(CC(C)C)[C@@H]2CNC[C@H](C(=O)N3CCOCC3)C2)nnn1-c1c(F)cccc1F. The van der Waals surface area contributed by atoms with Crippen molar-refractivity contribution in [1.82, 2.24) is 30.1 Å². The largest absolute Gasteiger partial charge is 0.385 e. The zero-order valence-electron chi connectivity index (χ0n) is 23.6. The lowest BCUT2D eigenvalue weighted by Gasteiger charge is -2.40. The van der Waals surface area contributed by atoms with E-state index >= 15 is 0 Å². The Hall–Kier alpha value is -2.96. The van der Waals surface area contributed by atoms with Gasteiger partial charge in [-0.15, -0.1) is 5.10 Å². The molecule has 2 amide bonds. The molecule has 40 heavy (non-hydrogen) atoms. The molecule has 1 aromatic carbocycles. The Morgan fingerprint density at radius 3 is 2.58 bits per heavy atom. The number of nitrogens with zero attached hydrogens (tertiary/aromatic N) is 5. The molecule has 3 heterocycles. The number of hydrogen-bond acceptors (Lipinski definition) is 7. The summed E-state index contributed by atoms with van der Waals surface area (Å²) in [6.07, 6.45) is 2.16. The Labute approximate surface area is 234 Å². The lowest BCUT2D eigenvalue weighted by Crippen LogP contribution is -2.56. The summed E-state index contributed by atoms with van der Waals surface area (Å²) in [4.78, 5) is 31.0. The summed E-state index contributed by atoms with van der Waals surface area (Å²) in [5, 5.41) is 11.6. The normalized spacial score (nSPS) is 19.7. The van der Waals surface area contributed by atoms with Crippen molar-refractivity contribution >= 4 is 11.8 Å². The molecule has 10 nitrogen and oxygen atoms in total. The third kappa shape index (κ3) is 7.02. The van der Waals surface area contributed by atoms with E-state index < -0.39 is 11.6 Å². The first-order chi connectivity index (χ1) is 19.3. The van der Waals surface area contributed by atoms with Gasteiger partial charge in [-0.3, -0.25) is 9.59 Å². The molecule has 2 fully saturated rings. The van der Waals surface area contributed by atoms with Crippen molar-refractivity contribution in [2.45, 2.75) is 45.6 Å². The molecule has 0 saturated carbocycles. The van der Waals surface area contributed by atoms with Gasteiger partial charge in [-0.25, -0.2) is 13.5 Å². The van der Waals surface area contributed by atoms with E-state index in [0.29, 0.717) is 83.9 Å². The highest BCUT2D eigenvalue weighted by molar-refractivity contribution is 5.94. The number of nitrogens with one attached hydrogen (secondary N) is 1. The minimum Gasteiger partial charge on any atom is -0.385 e. The fourth-order valence-electron chi connectivity index (χ4n) is 5.42. The second kappa shape index (κ2) is 14.1. The molecule has 2 aromatic rings. The Morgan fingerprint density at radius 2 is 1.90 bits per heavy atom. The molecule has 1 N–H and O–H groups in total. The monoisotopic (exact) mass is 562 g/mol. The molecular formula is C28H40F2N6O4. The van der Waals surface area contributed by atoms with Crippen molar-refractivity contribution in [3.63, 3.8) is 0 Å². The van der Waals surface area contributed by atoms with Crippen LogP contribution in [0.4, 0.5) is 8.78 Å². The van der Waals surface area contributed by atoms with Crippen LogP contribution < -0.4 is 5.32 Å². The number of ether oxygens (including phenoxy) is 2. The average molecular weight is 563 g/mol. The highest BCUT2D eigenvalue weighted by Crippen LogP contribution is 2.25. The summed E-state index contributed by atoms with van der Waals surface area (Å²) in [5.41, 5.74) is 0.0626. The molecule has 4 rings (SSSR count). The number of halogens is 2. The first-order valence-corrected chi connectivity index (χ1v) is 14.1. The van der Waals surface area contributed by atoms with Crippen LogP contribution in [0.3, 0.4) is 0 Å². The smallest absolute Gasteiger partial charge is 0.276 e. The number of amides is 2. The number of methoxy groups -OCH3 is 1. The van der Waals surface area contributed by atoms with E-state index in [1.807, 2.05) is 18.7 Å². The van der Waals surface area contributed by atoms with Gasteiger partial charge in [0.25, 0.3) is 5.91 Å². The number of aromatic nitrogens is 3. The Morgan fingerprint density at radius 1 is 1.18 bits per heavy atom. The predicted octanol–water partition coefficient (Wildman–Crippen LogP) is 2.45. The molecular weight excluding hydrogens is 522 g/mol. The van der Waals surface area contributed by atoms with Crippen LogP contribution in [0.1, 0.15) is 49.3 Å². The van der Waals surface area contributed by atoms with E-state index in [1.54, 1.807) is 12.0 Å². The first kappa shape index (κ1) is 30.0. The van der Waals surface area contributed by atoms with Gasteiger partial charge in [0.15, 0.2) is 17.3 Å². The van der Waals surface area contributed by atoms with Gasteiger partial charge < -0.3 is 24.6 Å². The maximum absolute atomic E-state index is 14.8. The summed E-state index contributed by atoms with van der Waals surface area (Å²) in [5.74, 6) is -1.99. The zero-order chi connectivity index (χ0) is 28.6. The van der Waals surface area contributed by atoms with Crippen LogP contribution in [0.5, 0.6) is 0 Å². The average Bonchev–Trinajstić information content (AvgIpc) is 3.37. The van der Waals surface area contributed by atoms with Gasteiger partial charge in [-0.1, -0.05) is 25.1 Å². The van der Waals surface area contributed by atoms with Crippen LogP contribution in [0, 0.1) is 23.5 Å². The van der Waals surface area contributed by atoms with Crippen molar-refractivity contribution in [2.24, 2.45) is 11.8 Å². The van der Waals surface area contributed by atoms with Crippen LogP contribution in [0.15, 0.2) is 18.2 Å². The summed E-state index contributed by atoms with van der Waals surface area (Å²) in [6.45, 7) is 8.26. The lowest BCUT2D eigenvalue weighted by atomic mass is 9.92. The Bertz CT molecular complexity index is 1130. The Balaban J connectivity index is 1.63. The second-order valence-corrected chi connectivity index (χ2v) is 10.9. The van der Waals surface area contributed by atoms with Crippen molar-refractivity contribution in [2.75, 3.05) is 59.7 Å². The fourth-order valence-corrected chi connectivity index (χ4v) is 5.42. The molecule has 1 aromatic heterocycles. The minimum absolute atomic E-state index is 0.0669. The predicted molar refractivity (Wildman–Crippen MR) is 144 cm³/mol. The highest BCUT2D eigenvalue weighted by atomic mass is 19.1. The van der Waals surface area contributed by atoms with Gasteiger partial charge in [-0.2, -0.15) is 0 Å². The van der Waals surface area contributed by atoms with E-state index in [4.69, 9.17) is 9.47 Å². The van der Waals surface area contributed by atoms with Crippen LogP contribution in [0.2, 0.25) is 0 Å². The van der Waals surface area contributed by atoms with Gasteiger partial charge in [-0.05, 0) is 43.7 Å². The minimum atomic E-state index is -0.790. The van der Waals surface area contributed by atoms with Gasteiger partial charge in [0.05, 0.1) is 24.8 Å². The highest BCUT2D eigenvalue weighted by Gasteiger charge is 2.37. The number of carbonyl (C=O) groups excluding carboxylic acids is 2. The number of rotatable bonds is 11. The summed E-state index contributed by atoms with van der Waals surface area (Å²) in [7, 11) is 1.61. The number of benzene rings is 1. The standard InChI is InChI=1S/C28H40F2N6O4/c1-19(2)18-35(21-15-20(16-31-17-21)27(37)34-10-13-40-14-11-34)28(38)25-24(9-4-5-12-39-3)36(33-32-25)26-22(29)7-6-8-23(26)30/h6-8,19-21,31H,4-5,9-18H2,1-3H3/t20-,21+/m1/s1. The van der Waals surface area contributed by atoms with Crippen LogP contribution >= 0.6 is 0 Å². The molecule has 2 aliphatic heterocycles. The topological polar surface area (TPSA) is 102 Å². The molecule has 220 valence electrons. The number of piperidine rings is 1. The van der Waals surface area contributed by atoms with E-state index in [1.165, 1.54) is 6.07 Å². The second-order valence-electron chi connectivity index (χ2n) is 10.9. The van der Waals surface area contributed by atoms with E-state index in [9.17, 15) is 18.4 Å². The third-order valence-corrected chi connectivity index (χ3v) is 7.39. The summed E-state index contributed by atoms with van der Waals surface area (Å²) in [6, 6.07) is 3.33. The first-order valence-electron chi connectivity index (χ1n) is 14.1. The number of para-hydroxylation sites is 1. The van der Waals surface area contributed by atoms with Gasteiger partial charge >= 0.3 is 0 Å². The molecule has 0 spiro atoms. The maximum Gasteiger partial charge on any atom is 0.276 e. The molecule has 0 bridgehead atoms. The quantitative estimate of drug-likeness (QED) is 0.420. The Kier molecular flexibility index (Phi) is 10.6. The van der Waals surface area contributed by atoms with Crippen molar-refractivity contribution < 1.29 is 27.8 Å². The summed E-state index contributed by atoms with van der Waals surface area (Å²) < 4.78 is 41.2. The van der Waals surface area contributed by atoms with Crippen molar-refractivity contribution in [3.05, 3.63) is 41.2 Å². The zero-order valence-corrected chi connectivity index (χ0v) is 23.6. The molecule has 0 aliphatic carbocycles. The van der Waals surface area contributed by atoms with Crippen LogP contribution in [-0.4, -0.2) is 102 Å². The summed E-state index contributed by atoms with van der Waals surface area (Å²) >= 11 is 0. The number of hydrogen-bond donors (Lipinski definition) is 1. The van der Waals surface area contributed by atoms with Gasteiger partial charge in [0.1, 0.15) is 5.69 Å². The van der Waals surface area contributed by atoms with Crippen molar-refractivity contribution in [1.29, 1.82) is 0 Å². The van der Waals surface area contributed by atoms with Gasteiger partial charge in [0.2, 0.25) is 5.91 Å². The van der Waals surface area contributed by atoms with E-state index in [2.05, 4.69) is 15.6 Å². The van der Waals surface area contributed by atoms with E-state index in [-0.39, 0.29) is 41.1 Å². The maximum atomic E-state index is 14.8. The molecule has 12 heteroatoms. The number of morpholine rings is 1. The number of unbranched alkanes of at least 4 members (excludes halogenated alkanes) is 1. The number of carbonyl (C=O) groups is 2. The molecule has 2 atom stereocenters. The van der Waals surface area contributed by atoms with E-state index in [0.717, 1.165) is 16.8 Å². The van der Waals surface area contributed by atoms with Crippen LogP contribution in [0.25, 0.3) is 5.69 Å². The molecule has 0 radical (unpaired) electrons. The molecule has 0 unspecified atom stereocenters. The lowest BCUT2D eigenvalue weighted by molar-refractivity contribution is -0.140. The van der Waals surface area contributed by atoms with Crippen molar-refractivity contribution in [3.8, 4) is 5.69 Å². The molecule has 2 aliphatic rings. The fraction of sp³-hybridized carbons (Fsp3) is 0.643. The third-order valence-electron chi connectivity index (χ3n) is 7.39. The molecule has 2 saturated heterocycles.